The molecule has 160 valence electrons. The van der Waals surface area contributed by atoms with Gasteiger partial charge in [0.05, 0.1) is 13.2 Å². The van der Waals surface area contributed by atoms with E-state index in [1.54, 1.807) is 24.3 Å². The van der Waals surface area contributed by atoms with Gasteiger partial charge in [0.1, 0.15) is 17.7 Å². The summed E-state index contributed by atoms with van der Waals surface area (Å²) in [7, 11) is 1.42. The Hall–Kier alpha value is -2.27. The second-order valence-electron chi connectivity index (χ2n) is 8.61. The molecule has 0 heterocycles. The molecular weight excluding hydrogens is 386 g/mol. The summed E-state index contributed by atoms with van der Waals surface area (Å²) in [5, 5.41) is 0. The highest BCUT2D eigenvalue weighted by molar-refractivity contribution is 5.69. The van der Waals surface area contributed by atoms with E-state index in [0.717, 1.165) is 24.0 Å². The van der Waals surface area contributed by atoms with Crippen LogP contribution in [0, 0.1) is 29.4 Å². The van der Waals surface area contributed by atoms with E-state index in [2.05, 4.69) is 0 Å². The van der Waals surface area contributed by atoms with E-state index in [1.165, 1.54) is 50.6 Å². The maximum absolute atomic E-state index is 13.5. The van der Waals surface area contributed by atoms with Crippen LogP contribution in [0.15, 0.2) is 48.5 Å². The molecule has 4 rings (SSSR count). The maximum atomic E-state index is 13.5. The van der Waals surface area contributed by atoms with E-state index in [0.29, 0.717) is 18.3 Å². The van der Waals surface area contributed by atoms with Crippen molar-refractivity contribution < 1.29 is 23.0 Å². The number of benzene rings is 2. The summed E-state index contributed by atoms with van der Waals surface area (Å²) < 4.78 is 38.6. The third kappa shape index (κ3) is 4.72. The first-order valence-electron chi connectivity index (χ1n) is 10.8. The quantitative estimate of drug-likeness (QED) is 0.535. The fourth-order valence-electron chi connectivity index (χ4n) is 5.29. The van der Waals surface area contributed by atoms with Gasteiger partial charge in [-0.25, -0.2) is 8.78 Å². The summed E-state index contributed by atoms with van der Waals surface area (Å²) >= 11 is 0. The molecule has 0 aromatic heterocycles. The Morgan fingerprint density at radius 2 is 1.57 bits per heavy atom. The molecule has 0 amide bonds. The van der Waals surface area contributed by atoms with Gasteiger partial charge in [-0.15, -0.1) is 0 Å². The van der Waals surface area contributed by atoms with E-state index in [4.69, 9.17) is 9.47 Å². The number of hydrogen-bond donors (Lipinski definition) is 0. The zero-order valence-corrected chi connectivity index (χ0v) is 17.2. The normalized spacial score (nSPS) is 25.5. The molecule has 0 spiro atoms. The molecule has 5 heteroatoms. The van der Waals surface area contributed by atoms with E-state index in [9.17, 15) is 13.6 Å². The first-order valence-corrected chi connectivity index (χ1v) is 10.8. The summed E-state index contributed by atoms with van der Waals surface area (Å²) in [4.78, 5) is 11.8. The van der Waals surface area contributed by atoms with Gasteiger partial charge in [-0.2, -0.15) is 0 Å². The number of esters is 1. The first-order chi connectivity index (χ1) is 14.5. The molecule has 2 aromatic rings. The second-order valence-corrected chi connectivity index (χ2v) is 8.61. The van der Waals surface area contributed by atoms with Gasteiger partial charge in [-0.1, -0.05) is 30.7 Å². The van der Waals surface area contributed by atoms with Crippen molar-refractivity contribution in [3.8, 4) is 0 Å². The SMILES string of the molecule is COC(=O)CC[C@@H]1C2CCC(C2)C[C@@H]1OC(c1ccc(F)cc1)c1ccc(F)cc1. The smallest absolute Gasteiger partial charge is 0.305 e. The van der Waals surface area contributed by atoms with Gasteiger partial charge in [0.2, 0.25) is 0 Å². The van der Waals surface area contributed by atoms with Crippen molar-refractivity contribution in [2.45, 2.75) is 50.7 Å². The average molecular weight is 414 g/mol. The summed E-state index contributed by atoms with van der Waals surface area (Å²) in [6, 6.07) is 12.6. The molecule has 2 saturated carbocycles. The maximum Gasteiger partial charge on any atom is 0.305 e. The van der Waals surface area contributed by atoms with Crippen molar-refractivity contribution in [2.24, 2.45) is 17.8 Å². The Morgan fingerprint density at radius 1 is 0.967 bits per heavy atom. The van der Waals surface area contributed by atoms with E-state index in [-0.39, 0.29) is 29.6 Å². The molecule has 2 aliphatic carbocycles. The topological polar surface area (TPSA) is 35.5 Å². The van der Waals surface area contributed by atoms with Crippen LogP contribution < -0.4 is 0 Å². The number of ether oxygens (including phenoxy) is 2. The standard InChI is InChI=1S/C25H28F2O3/c1-29-24(28)13-12-22-19-3-2-16(14-19)15-23(22)30-25(17-4-8-20(26)9-5-17)18-6-10-21(27)11-7-18/h4-11,16,19,22-23,25H,2-3,12-15H2,1H3/t16?,19?,22-,23+/m1/s1. The third-order valence-electron chi connectivity index (χ3n) is 6.80. The number of carbonyl (C=O) groups excluding carboxylic acids is 1. The summed E-state index contributed by atoms with van der Waals surface area (Å²) in [6.07, 6.45) is 5.26. The Morgan fingerprint density at radius 3 is 2.13 bits per heavy atom. The van der Waals surface area contributed by atoms with E-state index < -0.39 is 6.10 Å². The Balaban J connectivity index is 1.60. The minimum atomic E-state index is -0.408. The van der Waals surface area contributed by atoms with Crippen LogP contribution in [0.25, 0.3) is 0 Å². The highest BCUT2D eigenvalue weighted by atomic mass is 19.1. The zero-order valence-electron chi connectivity index (χ0n) is 17.2. The van der Waals surface area contributed by atoms with Crippen molar-refractivity contribution >= 4 is 5.97 Å². The Labute approximate surface area is 176 Å². The van der Waals surface area contributed by atoms with E-state index >= 15 is 0 Å². The molecular formula is C25H28F2O3. The lowest BCUT2D eigenvalue weighted by Gasteiger charge is -2.39. The van der Waals surface area contributed by atoms with Crippen LogP contribution in [0.3, 0.4) is 0 Å². The number of rotatable bonds is 7. The van der Waals surface area contributed by atoms with Gasteiger partial charge in [0.25, 0.3) is 0 Å². The lowest BCUT2D eigenvalue weighted by molar-refractivity contribution is -0.141. The van der Waals surface area contributed by atoms with Crippen LogP contribution in [0.5, 0.6) is 0 Å². The van der Waals surface area contributed by atoms with Crippen molar-refractivity contribution in [1.82, 2.24) is 0 Å². The van der Waals surface area contributed by atoms with Gasteiger partial charge in [0.15, 0.2) is 0 Å². The van der Waals surface area contributed by atoms with Crippen molar-refractivity contribution in [1.29, 1.82) is 0 Å². The molecule has 2 fully saturated rings. The number of hydrogen-bond acceptors (Lipinski definition) is 3. The highest BCUT2D eigenvalue weighted by Crippen LogP contribution is 2.49. The molecule has 3 nitrogen and oxygen atoms in total. The van der Waals surface area contributed by atoms with Gasteiger partial charge in [0, 0.05) is 6.42 Å². The number of methoxy groups -OCH3 is 1. The predicted octanol–water partition coefficient (Wildman–Crippen LogP) is 5.83. The Bertz CT molecular complexity index is 804. The van der Waals surface area contributed by atoms with Crippen LogP contribution >= 0.6 is 0 Å². The fraction of sp³-hybridized carbons (Fsp3) is 0.480. The molecule has 0 radical (unpaired) electrons. The van der Waals surface area contributed by atoms with Crippen molar-refractivity contribution in [2.75, 3.05) is 7.11 Å². The predicted molar refractivity (Wildman–Crippen MR) is 110 cm³/mol. The van der Waals surface area contributed by atoms with Gasteiger partial charge < -0.3 is 9.47 Å². The van der Waals surface area contributed by atoms with Crippen LogP contribution in [-0.2, 0) is 14.3 Å². The largest absolute Gasteiger partial charge is 0.469 e. The molecule has 30 heavy (non-hydrogen) atoms. The van der Waals surface area contributed by atoms with Crippen LogP contribution in [0.2, 0.25) is 0 Å². The van der Waals surface area contributed by atoms with Gasteiger partial charge in [-0.05, 0) is 78.8 Å². The minimum absolute atomic E-state index is 0.000937. The molecule has 2 aliphatic rings. The lowest BCUT2D eigenvalue weighted by Crippen LogP contribution is -2.36. The Kier molecular flexibility index (Phi) is 6.47. The fourth-order valence-corrected chi connectivity index (χ4v) is 5.29. The molecule has 0 aliphatic heterocycles. The lowest BCUT2D eigenvalue weighted by atomic mass is 9.75. The molecule has 2 aromatic carbocycles. The molecule has 2 bridgehead atoms. The second kappa shape index (κ2) is 9.25. The molecule has 2 unspecified atom stereocenters. The molecule has 0 N–H and O–H groups in total. The number of halogens is 2. The van der Waals surface area contributed by atoms with Crippen molar-refractivity contribution in [3.05, 3.63) is 71.3 Å². The highest BCUT2D eigenvalue weighted by Gasteiger charge is 2.43. The monoisotopic (exact) mass is 414 g/mol. The molecule has 0 saturated heterocycles. The van der Waals surface area contributed by atoms with Gasteiger partial charge in [-0.3, -0.25) is 4.79 Å². The minimum Gasteiger partial charge on any atom is -0.469 e. The number of carbonyl (C=O) groups is 1. The summed E-state index contributed by atoms with van der Waals surface area (Å²) in [5.41, 5.74) is 1.68. The molecule has 4 atom stereocenters. The van der Waals surface area contributed by atoms with Crippen LogP contribution in [-0.4, -0.2) is 19.2 Å². The summed E-state index contributed by atoms with van der Waals surface area (Å²) in [5.74, 6) is 0.692. The zero-order chi connectivity index (χ0) is 21.1. The summed E-state index contributed by atoms with van der Waals surface area (Å²) in [6.45, 7) is 0. The van der Waals surface area contributed by atoms with Crippen LogP contribution in [0.4, 0.5) is 8.78 Å². The van der Waals surface area contributed by atoms with Gasteiger partial charge >= 0.3 is 5.97 Å². The number of fused-ring (bicyclic) bond motifs is 2. The van der Waals surface area contributed by atoms with Crippen molar-refractivity contribution in [3.63, 3.8) is 0 Å². The van der Waals surface area contributed by atoms with E-state index in [1.807, 2.05) is 0 Å². The van der Waals surface area contributed by atoms with Crippen LogP contribution in [0.1, 0.15) is 55.8 Å². The average Bonchev–Trinajstić information content (AvgIpc) is 3.15. The first kappa shape index (κ1) is 21.0. The third-order valence-corrected chi connectivity index (χ3v) is 6.80.